The van der Waals surface area contributed by atoms with Crippen LogP contribution in [0, 0.1) is 27.9 Å². The molecule has 1 aliphatic heterocycles. The number of nitro groups is 1. The normalized spacial score (nSPS) is 25.7. The van der Waals surface area contributed by atoms with Gasteiger partial charge in [0.05, 0.1) is 9.82 Å². The molecule has 3 rings (SSSR count). The van der Waals surface area contributed by atoms with Gasteiger partial charge in [-0.2, -0.15) is 4.31 Å². The number of rotatable bonds is 6. The van der Waals surface area contributed by atoms with Crippen molar-refractivity contribution in [3.8, 4) is 0 Å². The number of carbonyl (C=O) groups excluding carboxylic acids is 1. The van der Waals surface area contributed by atoms with Crippen molar-refractivity contribution in [1.82, 2.24) is 9.62 Å². The van der Waals surface area contributed by atoms with E-state index >= 15 is 0 Å². The molecule has 1 heterocycles. The minimum absolute atomic E-state index is 0.0111. The summed E-state index contributed by atoms with van der Waals surface area (Å²) in [5, 5.41) is 17.2. The predicted molar refractivity (Wildman–Crippen MR) is 118 cm³/mol. The first-order valence-corrected chi connectivity index (χ1v) is 12.4. The van der Waals surface area contributed by atoms with Crippen LogP contribution >= 0.6 is 0 Å². The summed E-state index contributed by atoms with van der Waals surface area (Å²) in [6, 6.07) is 4.05. The molecule has 10 heteroatoms. The van der Waals surface area contributed by atoms with E-state index in [4.69, 9.17) is 0 Å². The summed E-state index contributed by atoms with van der Waals surface area (Å²) >= 11 is 0. The second kappa shape index (κ2) is 9.52. The number of amides is 1. The number of nitro benzene ring substituents is 1. The highest BCUT2D eigenvalue weighted by atomic mass is 32.2. The quantitative estimate of drug-likeness (QED) is 0.505. The Balaban J connectivity index is 1.64. The highest BCUT2D eigenvalue weighted by Crippen LogP contribution is 2.32. The predicted octanol–water partition coefficient (Wildman–Crippen LogP) is 2.98. The first-order chi connectivity index (χ1) is 14.6. The van der Waals surface area contributed by atoms with Crippen molar-refractivity contribution in [3.05, 3.63) is 28.3 Å². The van der Waals surface area contributed by atoms with Crippen LogP contribution in [0.5, 0.6) is 0 Å². The number of nitrogens with one attached hydrogen (secondary N) is 2. The maximum absolute atomic E-state index is 13.0. The summed E-state index contributed by atoms with van der Waals surface area (Å²) in [6.45, 7) is 4.85. The summed E-state index contributed by atoms with van der Waals surface area (Å²) in [5.41, 5.74) is -0.0285. The van der Waals surface area contributed by atoms with Gasteiger partial charge in [-0.1, -0.05) is 26.7 Å². The molecular formula is C21H32N4O5S. The number of anilines is 1. The number of sulfonamides is 1. The van der Waals surface area contributed by atoms with Crippen molar-refractivity contribution < 1.29 is 18.1 Å². The van der Waals surface area contributed by atoms with Crippen LogP contribution in [0.4, 0.5) is 11.4 Å². The Hall–Kier alpha value is -2.20. The number of benzene rings is 1. The number of piperidine rings is 1. The van der Waals surface area contributed by atoms with Gasteiger partial charge in [0.2, 0.25) is 15.9 Å². The van der Waals surface area contributed by atoms with Crippen LogP contribution in [0.25, 0.3) is 0 Å². The van der Waals surface area contributed by atoms with Gasteiger partial charge in [0, 0.05) is 38.2 Å². The van der Waals surface area contributed by atoms with Crippen LogP contribution in [0.15, 0.2) is 23.1 Å². The topological polar surface area (TPSA) is 122 Å². The van der Waals surface area contributed by atoms with Gasteiger partial charge in [-0.05, 0) is 43.2 Å². The summed E-state index contributed by atoms with van der Waals surface area (Å²) < 4.78 is 27.4. The van der Waals surface area contributed by atoms with Crippen LogP contribution in [0.2, 0.25) is 0 Å². The van der Waals surface area contributed by atoms with Gasteiger partial charge in [0.15, 0.2) is 0 Å². The summed E-state index contributed by atoms with van der Waals surface area (Å²) in [7, 11) is -2.32. The number of hydrogen-bond donors (Lipinski definition) is 2. The van der Waals surface area contributed by atoms with Crippen molar-refractivity contribution in [2.75, 3.05) is 25.5 Å². The molecule has 0 bridgehead atoms. The van der Waals surface area contributed by atoms with Crippen molar-refractivity contribution in [2.45, 2.75) is 56.9 Å². The van der Waals surface area contributed by atoms with E-state index in [2.05, 4.69) is 24.5 Å². The molecule has 0 radical (unpaired) electrons. The van der Waals surface area contributed by atoms with Gasteiger partial charge < -0.3 is 10.6 Å². The van der Waals surface area contributed by atoms with Crippen LogP contribution < -0.4 is 10.6 Å². The molecule has 31 heavy (non-hydrogen) atoms. The number of nitrogens with zero attached hydrogens (tertiary/aromatic N) is 2. The maximum Gasteiger partial charge on any atom is 0.293 e. The van der Waals surface area contributed by atoms with E-state index in [1.165, 1.54) is 22.9 Å². The molecule has 1 amide bonds. The third-order valence-corrected chi connectivity index (χ3v) is 8.83. The Kier molecular flexibility index (Phi) is 7.20. The molecule has 2 fully saturated rings. The average molecular weight is 453 g/mol. The fourth-order valence-corrected chi connectivity index (χ4v) is 6.12. The summed E-state index contributed by atoms with van der Waals surface area (Å²) in [6.07, 6.45) is 4.19. The van der Waals surface area contributed by atoms with E-state index < -0.39 is 14.9 Å². The Morgan fingerprint density at radius 1 is 1.16 bits per heavy atom. The Morgan fingerprint density at radius 3 is 2.45 bits per heavy atom. The third kappa shape index (κ3) is 5.01. The van der Waals surface area contributed by atoms with Crippen molar-refractivity contribution in [3.63, 3.8) is 0 Å². The second-order valence-electron chi connectivity index (χ2n) is 8.75. The van der Waals surface area contributed by atoms with E-state index in [9.17, 15) is 23.3 Å². The van der Waals surface area contributed by atoms with Gasteiger partial charge in [0.1, 0.15) is 5.69 Å². The Labute approximate surface area is 183 Å². The zero-order valence-electron chi connectivity index (χ0n) is 18.3. The molecule has 3 atom stereocenters. The molecule has 1 aliphatic carbocycles. The lowest BCUT2D eigenvalue weighted by Crippen LogP contribution is -2.48. The standard InChI is InChI=1S/C21H32N4O5S/c1-14-5-4-6-18(15(14)2)23-21(26)16-9-11-24(12-10-16)31(29,30)17-7-8-19(22-3)20(13-17)25(27)28/h7-8,13-16,18,22H,4-6,9-12H2,1-3H3,(H,23,26). The van der Waals surface area contributed by atoms with E-state index in [0.29, 0.717) is 24.7 Å². The van der Waals surface area contributed by atoms with Gasteiger partial charge >= 0.3 is 0 Å². The monoisotopic (exact) mass is 452 g/mol. The lowest BCUT2D eigenvalue weighted by molar-refractivity contribution is -0.384. The van der Waals surface area contributed by atoms with Crippen molar-refractivity contribution in [2.24, 2.45) is 17.8 Å². The first-order valence-electron chi connectivity index (χ1n) is 10.9. The Bertz CT molecular complexity index is 928. The highest BCUT2D eigenvalue weighted by Gasteiger charge is 2.35. The molecule has 1 saturated heterocycles. The zero-order chi connectivity index (χ0) is 22.8. The first kappa shape index (κ1) is 23.5. The van der Waals surface area contributed by atoms with Gasteiger partial charge in [-0.15, -0.1) is 0 Å². The zero-order valence-corrected chi connectivity index (χ0v) is 19.2. The van der Waals surface area contributed by atoms with Crippen LogP contribution in [0.3, 0.4) is 0 Å². The maximum atomic E-state index is 13.0. The number of carbonyl (C=O) groups is 1. The molecule has 1 aromatic carbocycles. The Morgan fingerprint density at radius 2 is 1.84 bits per heavy atom. The molecule has 0 aromatic heterocycles. The smallest absolute Gasteiger partial charge is 0.293 e. The van der Waals surface area contributed by atoms with Crippen LogP contribution in [-0.2, 0) is 14.8 Å². The van der Waals surface area contributed by atoms with Crippen molar-refractivity contribution in [1.29, 1.82) is 0 Å². The van der Waals surface area contributed by atoms with Crippen LogP contribution in [0.1, 0.15) is 46.0 Å². The fraction of sp³-hybridized carbons (Fsp3) is 0.667. The van der Waals surface area contributed by atoms with Gasteiger partial charge in [-0.25, -0.2) is 8.42 Å². The molecule has 2 N–H and O–H groups in total. The largest absolute Gasteiger partial charge is 0.383 e. The molecule has 3 unspecified atom stereocenters. The minimum atomic E-state index is -3.87. The SMILES string of the molecule is CNc1ccc(S(=O)(=O)N2CCC(C(=O)NC3CCCC(C)C3C)CC2)cc1[N+](=O)[O-]. The molecule has 1 aromatic rings. The van der Waals surface area contributed by atoms with E-state index in [1.807, 2.05) is 0 Å². The average Bonchev–Trinajstić information content (AvgIpc) is 2.76. The summed E-state index contributed by atoms with van der Waals surface area (Å²) in [4.78, 5) is 23.3. The summed E-state index contributed by atoms with van der Waals surface area (Å²) in [5.74, 6) is 0.827. The molecule has 172 valence electrons. The van der Waals surface area contributed by atoms with Gasteiger partial charge in [-0.3, -0.25) is 14.9 Å². The molecule has 0 spiro atoms. The number of hydrogen-bond acceptors (Lipinski definition) is 6. The van der Waals surface area contributed by atoms with E-state index in [-0.39, 0.29) is 47.2 Å². The van der Waals surface area contributed by atoms with Gasteiger partial charge in [0.25, 0.3) is 5.69 Å². The highest BCUT2D eigenvalue weighted by molar-refractivity contribution is 7.89. The van der Waals surface area contributed by atoms with Crippen LogP contribution in [-0.4, -0.2) is 49.7 Å². The molecule has 1 saturated carbocycles. The van der Waals surface area contributed by atoms with E-state index in [1.54, 1.807) is 7.05 Å². The lowest BCUT2D eigenvalue weighted by atomic mass is 9.78. The fourth-order valence-electron chi connectivity index (χ4n) is 4.63. The molecule has 2 aliphatic rings. The van der Waals surface area contributed by atoms with Crippen molar-refractivity contribution >= 4 is 27.3 Å². The third-order valence-electron chi connectivity index (χ3n) is 6.93. The lowest BCUT2D eigenvalue weighted by Gasteiger charge is -2.36. The minimum Gasteiger partial charge on any atom is -0.383 e. The molecular weight excluding hydrogens is 420 g/mol. The molecule has 9 nitrogen and oxygen atoms in total. The van der Waals surface area contributed by atoms with E-state index in [0.717, 1.165) is 18.9 Å². The second-order valence-corrected chi connectivity index (χ2v) is 10.7.